The predicted octanol–water partition coefficient (Wildman–Crippen LogP) is 2.75. The van der Waals surface area contributed by atoms with Crippen LogP contribution in [-0.4, -0.2) is 48.0 Å². The second-order valence-corrected chi connectivity index (χ2v) is 7.35. The smallest absolute Gasteiger partial charge is 0.245 e. The lowest BCUT2D eigenvalue weighted by molar-refractivity contribution is -0.140. The number of anilines is 1. The average molecular weight is 353 g/mol. The Balaban J connectivity index is 1.89. The molecule has 24 heavy (non-hydrogen) atoms. The number of amides is 2. The van der Waals surface area contributed by atoms with Crippen LogP contribution in [0.25, 0.3) is 0 Å². The Morgan fingerprint density at radius 3 is 2.67 bits per heavy atom. The molecular formula is C17H27N3O3S. The van der Waals surface area contributed by atoms with Crippen LogP contribution in [0.3, 0.4) is 0 Å². The van der Waals surface area contributed by atoms with Crippen LogP contribution < -0.4 is 5.32 Å². The SMILES string of the molecule is CCOCCCN(CC(=O)Nc1nc(C)c(C)s1)C(=O)C1CCC1. The Hall–Kier alpha value is -1.47. The molecule has 0 atom stereocenters. The van der Waals surface area contributed by atoms with Gasteiger partial charge in [0.1, 0.15) is 0 Å². The van der Waals surface area contributed by atoms with E-state index >= 15 is 0 Å². The van der Waals surface area contributed by atoms with Gasteiger partial charge in [-0.15, -0.1) is 11.3 Å². The van der Waals surface area contributed by atoms with E-state index in [9.17, 15) is 9.59 Å². The number of thiazole rings is 1. The topological polar surface area (TPSA) is 71.5 Å². The van der Waals surface area contributed by atoms with Gasteiger partial charge in [0.2, 0.25) is 11.8 Å². The molecule has 0 radical (unpaired) electrons. The number of hydrogen-bond donors (Lipinski definition) is 1. The Bertz CT molecular complexity index is 550. The van der Waals surface area contributed by atoms with E-state index in [4.69, 9.17) is 4.74 Å². The van der Waals surface area contributed by atoms with Gasteiger partial charge in [-0.1, -0.05) is 6.42 Å². The van der Waals surface area contributed by atoms with Crippen molar-refractivity contribution in [3.8, 4) is 0 Å². The molecule has 2 amide bonds. The number of carbonyl (C=O) groups is 2. The van der Waals surface area contributed by atoms with Gasteiger partial charge in [-0.3, -0.25) is 9.59 Å². The van der Waals surface area contributed by atoms with Gasteiger partial charge in [0.25, 0.3) is 0 Å². The number of aryl methyl sites for hydroxylation is 2. The zero-order chi connectivity index (χ0) is 17.5. The molecule has 0 spiro atoms. The first kappa shape index (κ1) is 18.9. The molecule has 0 unspecified atom stereocenters. The highest BCUT2D eigenvalue weighted by molar-refractivity contribution is 7.15. The molecule has 7 heteroatoms. The lowest BCUT2D eigenvalue weighted by Crippen LogP contribution is -2.43. The molecule has 1 aromatic heterocycles. The van der Waals surface area contributed by atoms with Gasteiger partial charge < -0.3 is 15.0 Å². The Labute approximate surface area is 147 Å². The minimum absolute atomic E-state index is 0.0825. The lowest BCUT2D eigenvalue weighted by Gasteiger charge is -2.31. The summed E-state index contributed by atoms with van der Waals surface area (Å²) in [5.74, 6) is 0.00137. The molecule has 1 N–H and O–H groups in total. The zero-order valence-electron chi connectivity index (χ0n) is 14.8. The molecule has 6 nitrogen and oxygen atoms in total. The first-order valence-electron chi connectivity index (χ1n) is 8.61. The molecule has 0 saturated heterocycles. The maximum Gasteiger partial charge on any atom is 0.245 e. The summed E-state index contributed by atoms with van der Waals surface area (Å²) >= 11 is 1.46. The van der Waals surface area contributed by atoms with Gasteiger partial charge in [0, 0.05) is 30.6 Å². The van der Waals surface area contributed by atoms with Crippen LogP contribution in [0.1, 0.15) is 43.2 Å². The van der Waals surface area contributed by atoms with Crippen molar-refractivity contribution in [1.29, 1.82) is 0 Å². The Kier molecular flexibility index (Phi) is 7.17. The van der Waals surface area contributed by atoms with Crippen LogP contribution in [-0.2, 0) is 14.3 Å². The van der Waals surface area contributed by atoms with Crippen molar-refractivity contribution in [1.82, 2.24) is 9.88 Å². The standard InChI is InChI=1S/C17H27N3O3S/c1-4-23-10-6-9-20(16(22)14-7-5-8-14)11-15(21)19-17-18-12(2)13(3)24-17/h14H,4-11H2,1-3H3,(H,18,19,21). The van der Waals surface area contributed by atoms with Crippen molar-refractivity contribution in [2.45, 2.75) is 46.5 Å². The monoisotopic (exact) mass is 353 g/mol. The van der Waals surface area contributed by atoms with Crippen molar-refractivity contribution in [3.63, 3.8) is 0 Å². The number of carbonyl (C=O) groups excluding carboxylic acids is 2. The molecule has 2 rings (SSSR count). The molecule has 1 heterocycles. The van der Waals surface area contributed by atoms with Crippen LogP contribution in [0, 0.1) is 19.8 Å². The molecule has 134 valence electrons. The highest BCUT2D eigenvalue weighted by atomic mass is 32.1. The summed E-state index contributed by atoms with van der Waals surface area (Å²) in [6, 6.07) is 0. The van der Waals surface area contributed by atoms with E-state index in [2.05, 4.69) is 10.3 Å². The number of rotatable bonds is 9. The van der Waals surface area contributed by atoms with Gasteiger partial charge in [-0.2, -0.15) is 0 Å². The largest absolute Gasteiger partial charge is 0.382 e. The van der Waals surface area contributed by atoms with E-state index in [1.807, 2.05) is 20.8 Å². The third kappa shape index (κ3) is 5.27. The molecule has 1 aliphatic carbocycles. The summed E-state index contributed by atoms with van der Waals surface area (Å²) in [5.41, 5.74) is 0.925. The van der Waals surface area contributed by atoms with Crippen LogP contribution in [0.5, 0.6) is 0 Å². The molecule has 1 aromatic rings. The van der Waals surface area contributed by atoms with E-state index in [-0.39, 0.29) is 24.3 Å². The van der Waals surface area contributed by atoms with E-state index < -0.39 is 0 Å². The Morgan fingerprint density at radius 1 is 1.38 bits per heavy atom. The van der Waals surface area contributed by atoms with Crippen LogP contribution >= 0.6 is 11.3 Å². The highest BCUT2D eigenvalue weighted by Crippen LogP contribution is 2.28. The minimum Gasteiger partial charge on any atom is -0.382 e. The van der Waals surface area contributed by atoms with Crippen LogP contribution in [0.15, 0.2) is 0 Å². The minimum atomic E-state index is -0.187. The highest BCUT2D eigenvalue weighted by Gasteiger charge is 2.30. The first-order chi connectivity index (χ1) is 11.5. The summed E-state index contributed by atoms with van der Waals surface area (Å²) in [5, 5.41) is 3.41. The van der Waals surface area contributed by atoms with Crippen molar-refractivity contribution >= 4 is 28.3 Å². The second-order valence-electron chi connectivity index (χ2n) is 6.15. The van der Waals surface area contributed by atoms with Crippen molar-refractivity contribution < 1.29 is 14.3 Å². The third-order valence-electron chi connectivity index (χ3n) is 4.30. The fourth-order valence-electron chi connectivity index (χ4n) is 2.54. The first-order valence-corrected chi connectivity index (χ1v) is 9.43. The van der Waals surface area contributed by atoms with Crippen molar-refractivity contribution in [2.24, 2.45) is 5.92 Å². The van der Waals surface area contributed by atoms with Crippen LogP contribution in [0.4, 0.5) is 5.13 Å². The average Bonchev–Trinajstić information content (AvgIpc) is 2.78. The van der Waals surface area contributed by atoms with Gasteiger partial charge in [0.15, 0.2) is 5.13 Å². The van der Waals surface area contributed by atoms with Gasteiger partial charge in [0.05, 0.1) is 12.2 Å². The Morgan fingerprint density at radius 2 is 2.12 bits per heavy atom. The third-order valence-corrected chi connectivity index (χ3v) is 5.28. The maximum atomic E-state index is 12.5. The fraction of sp³-hybridized carbons (Fsp3) is 0.706. The number of nitrogens with one attached hydrogen (secondary N) is 1. The van der Waals surface area contributed by atoms with E-state index in [0.29, 0.717) is 24.9 Å². The van der Waals surface area contributed by atoms with Gasteiger partial charge in [-0.05, 0) is 40.0 Å². The van der Waals surface area contributed by atoms with Gasteiger partial charge in [-0.25, -0.2) is 4.98 Å². The maximum absolute atomic E-state index is 12.5. The number of nitrogens with zero attached hydrogens (tertiary/aromatic N) is 2. The quantitative estimate of drug-likeness (QED) is 0.693. The predicted molar refractivity (Wildman–Crippen MR) is 95.2 cm³/mol. The number of aromatic nitrogens is 1. The molecule has 0 aromatic carbocycles. The van der Waals surface area contributed by atoms with Crippen LogP contribution in [0.2, 0.25) is 0 Å². The normalized spacial score (nSPS) is 14.3. The number of ether oxygens (including phenoxy) is 1. The van der Waals surface area contributed by atoms with E-state index in [1.54, 1.807) is 4.90 Å². The molecule has 0 aliphatic heterocycles. The van der Waals surface area contributed by atoms with E-state index in [1.165, 1.54) is 11.3 Å². The number of hydrogen-bond acceptors (Lipinski definition) is 5. The molecular weight excluding hydrogens is 326 g/mol. The fourth-order valence-corrected chi connectivity index (χ4v) is 3.37. The van der Waals surface area contributed by atoms with E-state index in [0.717, 1.165) is 36.3 Å². The summed E-state index contributed by atoms with van der Waals surface area (Å²) in [4.78, 5) is 31.9. The lowest BCUT2D eigenvalue weighted by atomic mass is 9.84. The summed E-state index contributed by atoms with van der Waals surface area (Å²) in [6.07, 6.45) is 3.72. The molecule has 0 bridgehead atoms. The second kappa shape index (κ2) is 9.13. The molecule has 1 fully saturated rings. The molecule has 1 aliphatic rings. The van der Waals surface area contributed by atoms with Gasteiger partial charge >= 0.3 is 0 Å². The molecule has 1 saturated carbocycles. The summed E-state index contributed by atoms with van der Waals surface area (Å²) in [7, 11) is 0. The summed E-state index contributed by atoms with van der Waals surface area (Å²) in [6.45, 7) is 7.75. The summed E-state index contributed by atoms with van der Waals surface area (Å²) < 4.78 is 5.33. The zero-order valence-corrected chi connectivity index (χ0v) is 15.6. The van der Waals surface area contributed by atoms with Crippen molar-refractivity contribution in [2.75, 3.05) is 31.6 Å². The van der Waals surface area contributed by atoms with Crippen molar-refractivity contribution in [3.05, 3.63) is 10.6 Å².